The molecule has 4 rings (SSSR count). The summed E-state index contributed by atoms with van der Waals surface area (Å²) in [5.74, 6) is 0.525. The van der Waals surface area contributed by atoms with Crippen LogP contribution in [0.5, 0.6) is 5.88 Å². The third-order valence-corrected chi connectivity index (χ3v) is 4.29. The van der Waals surface area contributed by atoms with Crippen molar-refractivity contribution in [3.05, 3.63) is 53.7 Å². The molecule has 1 aromatic heterocycles. The smallest absolute Gasteiger partial charge is 0.259 e. The number of hydrogen-bond donors (Lipinski definition) is 0. The van der Waals surface area contributed by atoms with Crippen molar-refractivity contribution in [3.63, 3.8) is 0 Å². The second kappa shape index (κ2) is 6.01. The number of ether oxygens (including phenoxy) is 2. The summed E-state index contributed by atoms with van der Waals surface area (Å²) in [7, 11) is 0. The molecule has 5 heteroatoms. The maximum Gasteiger partial charge on any atom is 0.259 e. The van der Waals surface area contributed by atoms with E-state index < -0.39 is 0 Å². The van der Waals surface area contributed by atoms with E-state index >= 15 is 0 Å². The maximum atomic E-state index is 12.7. The zero-order valence-electron chi connectivity index (χ0n) is 12.8. The fourth-order valence-electron chi connectivity index (χ4n) is 3.06. The van der Waals surface area contributed by atoms with Crippen molar-refractivity contribution in [2.75, 3.05) is 24.7 Å². The number of fused-ring (bicyclic) bond motifs is 1. The average Bonchev–Trinajstić information content (AvgIpc) is 3.24. The second-order valence-corrected chi connectivity index (χ2v) is 5.82. The van der Waals surface area contributed by atoms with E-state index in [2.05, 4.69) is 11.1 Å². The molecule has 118 valence electrons. The summed E-state index contributed by atoms with van der Waals surface area (Å²) < 4.78 is 11.0. The van der Waals surface area contributed by atoms with Gasteiger partial charge in [-0.15, -0.1) is 0 Å². The molecular formula is C18H18N2O3. The van der Waals surface area contributed by atoms with Crippen LogP contribution in [-0.4, -0.2) is 36.8 Å². The molecule has 0 saturated carbocycles. The molecule has 2 aliphatic rings. The predicted octanol–water partition coefficient (Wildman–Crippen LogP) is 2.45. The normalized spacial score (nSPS) is 19.7. The van der Waals surface area contributed by atoms with Gasteiger partial charge in [-0.25, -0.2) is 4.98 Å². The van der Waals surface area contributed by atoms with Crippen LogP contribution in [0.3, 0.4) is 0 Å². The molecule has 1 atom stereocenters. The molecule has 2 aliphatic heterocycles. The molecule has 1 amide bonds. The average molecular weight is 310 g/mol. The van der Waals surface area contributed by atoms with Crippen LogP contribution in [0.25, 0.3) is 0 Å². The molecule has 0 radical (unpaired) electrons. The molecule has 2 aromatic rings. The monoisotopic (exact) mass is 310 g/mol. The van der Waals surface area contributed by atoms with Gasteiger partial charge in [0, 0.05) is 30.9 Å². The molecule has 0 bridgehead atoms. The molecular weight excluding hydrogens is 292 g/mol. The summed E-state index contributed by atoms with van der Waals surface area (Å²) in [5.41, 5.74) is 2.80. The van der Waals surface area contributed by atoms with Crippen LogP contribution >= 0.6 is 0 Å². The highest BCUT2D eigenvalue weighted by Crippen LogP contribution is 2.29. The number of nitrogens with zero attached hydrogens (tertiary/aromatic N) is 2. The number of aromatic nitrogens is 1. The van der Waals surface area contributed by atoms with Crippen LogP contribution in [0.2, 0.25) is 0 Å². The lowest BCUT2D eigenvalue weighted by Crippen LogP contribution is -2.29. The summed E-state index contributed by atoms with van der Waals surface area (Å²) in [6.45, 7) is 2.05. The van der Waals surface area contributed by atoms with E-state index in [1.54, 1.807) is 18.3 Å². The van der Waals surface area contributed by atoms with Gasteiger partial charge in [0.25, 0.3) is 5.91 Å². The van der Waals surface area contributed by atoms with E-state index in [0.29, 0.717) is 18.1 Å². The van der Waals surface area contributed by atoms with E-state index in [1.165, 1.54) is 5.56 Å². The standard InChI is InChI=1S/C18H18N2O3/c21-18(20-9-7-13-3-1-2-4-16(13)20)14-5-6-17(19-11-14)23-15-8-10-22-12-15/h1-6,11,15H,7-10,12H2. The highest BCUT2D eigenvalue weighted by atomic mass is 16.5. The Morgan fingerprint density at radius 2 is 2.17 bits per heavy atom. The fraction of sp³-hybridized carbons (Fsp3) is 0.333. The Morgan fingerprint density at radius 3 is 2.96 bits per heavy atom. The third-order valence-electron chi connectivity index (χ3n) is 4.29. The van der Waals surface area contributed by atoms with Crippen molar-refractivity contribution < 1.29 is 14.3 Å². The van der Waals surface area contributed by atoms with Gasteiger partial charge in [0.15, 0.2) is 0 Å². The molecule has 0 N–H and O–H groups in total. The minimum atomic E-state index is -0.0156. The first kappa shape index (κ1) is 14.2. The molecule has 1 fully saturated rings. The predicted molar refractivity (Wildman–Crippen MR) is 85.9 cm³/mol. The molecule has 1 unspecified atom stereocenters. The first-order chi connectivity index (χ1) is 11.3. The third kappa shape index (κ3) is 2.80. The molecule has 3 heterocycles. The van der Waals surface area contributed by atoms with Crippen LogP contribution in [-0.2, 0) is 11.2 Å². The summed E-state index contributed by atoms with van der Waals surface area (Å²) >= 11 is 0. The molecule has 5 nitrogen and oxygen atoms in total. The zero-order valence-corrected chi connectivity index (χ0v) is 12.8. The van der Waals surface area contributed by atoms with E-state index in [9.17, 15) is 4.79 Å². The number of amides is 1. The van der Waals surface area contributed by atoms with E-state index in [0.717, 1.165) is 31.7 Å². The van der Waals surface area contributed by atoms with Crippen molar-refractivity contribution in [3.8, 4) is 5.88 Å². The largest absolute Gasteiger partial charge is 0.472 e. The Morgan fingerprint density at radius 1 is 1.26 bits per heavy atom. The lowest BCUT2D eigenvalue weighted by atomic mass is 10.2. The maximum absolute atomic E-state index is 12.7. The number of carbonyl (C=O) groups is 1. The van der Waals surface area contributed by atoms with Crippen molar-refractivity contribution in [2.45, 2.75) is 18.9 Å². The van der Waals surface area contributed by atoms with Gasteiger partial charge in [-0.05, 0) is 24.1 Å². The van der Waals surface area contributed by atoms with Crippen molar-refractivity contribution >= 4 is 11.6 Å². The van der Waals surface area contributed by atoms with Gasteiger partial charge in [0.2, 0.25) is 5.88 Å². The summed E-state index contributed by atoms with van der Waals surface area (Å²) in [6, 6.07) is 11.6. The van der Waals surface area contributed by atoms with Gasteiger partial charge in [0.05, 0.1) is 18.8 Å². The van der Waals surface area contributed by atoms with Gasteiger partial charge >= 0.3 is 0 Å². The zero-order chi connectivity index (χ0) is 15.6. The molecule has 0 aliphatic carbocycles. The number of anilines is 1. The van der Waals surface area contributed by atoms with E-state index in [-0.39, 0.29) is 12.0 Å². The van der Waals surface area contributed by atoms with Crippen LogP contribution in [0.1, 0.15) is 22.3 Å². The lowest BCUT2D eigenvalue weighted by molar-refractivity contribution is 0.0988. The van der Waals surface area contributed by atoms with Gasteiger partial charge in [0.1, 0.15) is 6.10 Å². The topological polar surface area (TPSA) is 51.7 Å². The van der Waals surface area contributed by atoms with Crippen molar-refractivity contribution in [1.82, 2.24) is 4.98 Å². The Hall–Kier alpha value is -2.40. The minimum absolute atomic E-state index is 0.0156. The lowest BCUT2D eigenvalue weighted by Gasteiger charge is -2.17. The highest BCUT2D eigenvalue weighted by molar-refractivity contribution is 6.07. The van der Waals surface area contributed by atoms with Crippen LogP contribution < -0.4 is 9.64 Å². The Labute approximate surface area is 134 Å². The Kier molecular flexibility index (Phi) is 3.71. The molecule has 1 aromatic carbocycles. The summed E-state index contributed by atoms with van der Waals surface area (Å²) in [4.78, 5) is 18.8. The molecule has 23 heavy (non-hydrogen) atoms. The summed E-state index contributed by atoms with van der Waals surface area (Å²) in [5, 5.41) is 0. The molecule has 1 saturated heterocycles. The van der Waals surface area contributed by atoms with Crippen molar-refractivity contribution in [2.24, 2.45) is 0 Å². The second-order valence-electron chi connectivity index (χ2n) is 5.82. The number of hydrogen-bond acceptors (Lipinski definition) is 4. The number of benzene rings is 1. The Bertz CT molecular complexity index is 708. The number of carbonyl (C=O) groups excluding carboxylic acids is 1. The first-order valence-corrected chi connectivity index (χ1v) is 7.91. The van der Waals surface area contributed by atoms with Gasteiger partial charge in [-0.3, -0.25) is 4.79 Å². The van der Waals surface area contributed by atoms with Gasteiger partial charge in [-0.2, -0.15) is 0 Å². The van der Waals surface area contributed by atoms with Gasteiger partial charge in [-0.1, -0.05) is 18.2 Å². The highest BCUT2D eigenvalue weighted by Gasteiger charge is 2.25. The fourth-order valence-corrected chi connectivity index (χ4v) is 3.06. The summed E-state index contributed by atoms with van der Waals surface area (Å²) in [6.07, 6.45) is 3.44. The number of rotatable bonds is 3. The van der Waals surface area contributed by atoms with E-state index in [1.807, 2.05) is 23.1 Å². The number of pyridine rings is 1. The molecule has 0 spiro atoms. The van der Waals surface area contributed by atoms with Crippen LogP contribution in [0.4, 0.5) is 5.69 Å². The van der Waals surface area contributed by atoms with Crippen LogP contribution in [0.15, 0.2) is 42.6 Å². The minimum Gasteiger partial charge on any atom is -0.472 e. The SMILES string of the molecule is O=C(c1ccc(OC2CCOC2)nc1)N1CCc2ccccc21. The van der Waals surface area contributed by atoms with Gasteiger partial charge < -0.3 is 14.4 Å². The van der Waals surface area contributed by atoms with Crippen molar-refractivity contribution in [1.29, 1.82) is 0 Å². The number of para-hydroxylation sites is 1. The van der Waals surface area contributed by atoms with Crippen LogP contribution in [0, 0.1) is 0 Å². The Balaban J connectivity index is 1.49. The first-order valence-electron chi connectivity index (χ1n) is 7.91. The van der Waals surface area contributed by atoms with E-state index in [4.69, 9.17) is 9.47 Å². The quantitative estimate of drug-likeness (QED) is 0.874.